The molecular weight excluding hydrogens is 439 g/mol. The lowest BCUT2D eigenvalue weighted by atomic mass is 10.1. The number of carbonyl (C=O) groups excluding carboxylic acids is 1. The molecular formula is C23H22F3N3O4. The second-order valence-electron chi connectivity index (χ2n) is 7.24. The first kappa shape index (κ1) is 23.8. The van der Waals surface area contributed by atoms with Crippen LogP contribution in [0.3, 0.4) is 0 Å². The van der Waals surface area contributed by atoms with E-state index in [2.05, 4.69) is 5.10 Å². The number of rotatable bonds is 6. The molecule has 0 saturated heterocycles. The van der Waals surface area contributed by atoms with Crippen LogP contribution in [0.15, 0.2) is 53.3 Å². The van der Waals surface area contributed by atoms with Gasteiger partial charge in [-0.2, -0.15) is 18.3 Å². The van der Waals surface area contributed by atoms with E-state index in [1.807, 2.05) is 0 Å². The van der Waals surface area contributed by atoms with Crippen LogP contribution >= 0.6 is 0 Å². The van der Waals surface area contributed by atoms with E-state index in [9.17, 15) is 22.8 Å². The molecule has 0 unspecified atom stereocenters. The van der Waals surface area contributed by atoms with Crippen molar-refractivity contribution in [3.8, 4) is 17.2 Å². The Bertz CT molecular complexity index is 1240. The second kappa shape index (κ2) is 9.35. The summed E-state index contributed by atoms with van der Waals surface area (Å²) in [5.74, 6) is 0.145. The Balaban J connectivity index is 2.02. The summed E-state index contributed by atoms with van der Waals surface area (Å²) in [6.07, 6.45) is -4.64. The lowest BCUT2D eigenvalue weighted by molar-refractivity contribution is -0.137. The van der Waals surface area contributed by atoms with Gasteiger partial charge in [0.25, 0.3) is 5.91 Å². The van der Waals surface area contributed by atoms with E-state index in [1.54, 1.807) is 18.2 Å². The number of alkyl halides is 3. The van der Waals surface area contributed by atoms with Crippen LogP contribution in [0.25, 0.3) is 5.69 Å². The van der Waals surface area contributed by atoms with Crippen LogP contribution in [0.5, 0.6) is 11.5 Å². The number of benzene rings is 2. The minimum Gasteiger partial charge on any atom is -0.493 e. The molecule has 0 spiro atoms. The molecule has 2 aromatic carbocycles. The number of hydrogen-bond acceptors (Lipinski definition) is 5. The molecule has 33 heavy (non-hydrogen) atoms. The minimum absolute atomic E-state index is 0.0489. The monoisotopic (exact) mass is 461 g/mol. The SMILES string of the molecule is COc1cccc(CN(C)C(=O)c2nn(-c3ccccc3C(F)(F)F)c(C)cc2=O)c1OC. The zero-order valence-corrected chi connectivity index (χ0v) is 18.4. The third-order valence-corrected chi connectivity index (χ3v) is 4.99. The molecule has 3 aromatic rings. The van der Waals surface area contributed by atoms with Crippen LogP contribution in [0, 0.1) is 6.92 Å². The van der Waals surface area contributed by atoms with Crippen LogP contribution in [0.2, 0.25) is 0 Å². The van der Waals surface area contributed by atoms with Crippen LogP contribution in [-0.2, 0) is 12.7 Å². The van der Waals surface area contributed by atoms with E-state index in [0.29, 0.717) is 17.1 Å². The van der Waals surface area contributed by atoms with E-state index in [1.165, 1.54) is 51.3 Å². The van der Waals surface area contributed by atoms with Crippen molar-refractivity contribution in [2.45, 2.75) is 19.6 Å². The number of ether oxygens (including phenoxy) is 2. The maximum atomic E-state index is 13.5. The van der Waals surface area contributed by atoms with E-state index < -0.39 is 28.8 Å². The highest BCUT2D eigenvalue weighted by Gasteiger charge is 2.34. The van der Waals surface area contributed by atoms with Crippen molar-refractivity contribution in [2.24, 2.45) is 0 Å². The first-order valence-electron chi connectivity index (χ1n) is 9.81. The molecule has 3 rings (SSSR count). The Morgan fingerprint density at radius 2 is 1.79 bits per heavy atom. The molecule has 0 aliphatic heterocycles. The molecule has 0 bridgehead atoms. The Labute approximate surface area is 188 Å². The summed E-state index contributed by atoms with van der Waals surface area (Å²) in [6.45, 7) is 1.49. The van der Waals surface area contributed by atoms with Crippen molar-refractivity contribution in [3.63, 3.8) is 0 Å². The maximum absolute atomic E-state index is 13.5. The lowest BCUT2D eigenvalue weighted by Gasteiger charge is -2.20. The quantitative estimate of drug-likeness (QED) is 0.558. The largest absolute Gasteiger partial charge is 0.493 e. The van der Waals surface area contributed by atoms with Gasteiger partial charge in [0, 0.05) is 30.9 Å². The van der Waals surface area contributed by atoms with Gasteiger partial charge in [-0.1, -0.05) is 24.3 Å². The number of nitrogens with zero attached hydrogens (tertiary/aromatic N) is 3. The molecule has 10 heteroatoms. The lowest BCUT2D eigenvalue weighted by Crippen LogP contribution is -2.33. The Morgan fingerprint density at radius 1 is 1.09 bits per heavy atom. The van der Waals surface area contributed by atoms with Gasteiger partial charge in [0.15, 0.2) is 17.2 Å². The normalized spacial score (nSPS) is 11.2. The number of aryl methyl sites for hydroxylation is 1. The zero-order chi connectivity index (χ0) is 24.3. The predicted molar refractivity (Wildman–Crippen MR) is 115 cm³/mol. The number of hydrogen-bond donors (Lipinski definition) is 0. The van der Waals surface area contributed by atoms with Crippen molar-refractivity contribution < 1.29 is 27.4 Å². The smallest absolute Gasteiger partial charge is 0.418 e. The average molecular weight is 461 g/mol. The molecule has 1 amide bonds. The molecule has 7 nitrogen and oxygen atoms in total. The highest BCUT2D eigenvalue weighted by molar-refractivity contribution is 5.92. The topological polar surface area (TPSA) is 73.7 Å². The number of amides is 1. The van der Waals surface area contributed by atoms with E-state index in [0.717, 1.165) is 16.8 Å². The summed E-state index contributed by atoms with van der Waals surface area (Å²) >= 11 is 0. The van der Waals surface area contributed by atoms with Crippen LogP contribution < -0.4 is 14.9 Å². The summed E-state index contributed by atoms with van der Waals surface area (Å²) in [5, 5.41) is 4.01. The molecule has 1 aromatic heterocycles. The Kier molecular flexibility index (Phi) is 6.75. The van der Waals surface area contributed by atoms with E-state index in [-0.39, 0.29) is 17.9 Å². The van der Waals surface area contributed by atoms with Gasteiger partial charge in [0.05, 0.1) is 25.5 Å². The van der Waals surface area contributed by atoms with Gasteiger partial charge in [-0.15, -0.1) is 0 Å². The maximum Gasteiger partial charge on any atom is 0.418 e. The fourth-order valence-electron chi connectivity index (χ4n) is 3.42. The average Bonchev–Trinajstić information content (AvgIpc) is 2.78. The van der Waals surface area contributed by atoms with E-state index in [4.69, 9.17) is 9.47 Å². The standard InChI is InChI=1S/C23H22F3N3O4/c1-14-12-18(30)20(27-29(14)17-10-6-5-9-16(17)23(24,25)26)22(31)28(2)13-15-8-7-11-19(32-3)21(15)33-4/h5-12H,13H2,1-4H3. The summed E-state index contributed by atoms with van der Waals surface area (Å²) in [5.41, 5.74) is -1.64. The Hall–Kier alpha value is -3.82. The van der Waals surface area contributed by atoms with Gasteiger partial charge in [-0.3, -0.25) is 9.59 Å². The van der Waals surface area contributed by atoms with Crippen molar-refractivity contribution in [1.82, 2.24) is 14.7 Å². The van der Waals surface area contributed by atoms with Gasteiger partial charge < -0.3 is 14.4 Å². The van der Waals surface area contributed by atoms with Crippen LogP contribution in [0.1, 0.15) is 27.3 Å². The Morgan fingerprint density at radius 3 is 2.42 bits per heavy atom. The van der Waals surface area contributed by atoms with Crippen LogP contribution in [-0.4, -0.2) is 41.9 Å². The van der Waals surface area contributed by atoms with Crippen molar-refractivity contribution in [1.29, 1.82) is 0 Å². The molecule has 0 fully saturated rings. The van der Waals surface area contributed by atoms with Crippen LogP contribution in [0.4, 0.5) is 13.2 Å². The third-order valence-electron chi connectivity index (χ3n) is 4.99. The summed E-state index contributed by atoms with van der Waals surface area (Å²) in [7, 11) is 4.39. The molecule has 0 N–H and O–H groups in total. The van der Waals surface area contributed by atoms with Crippen molar-refractivity contribution >= 4 is 5.91 Å². The van der Waals surface area contributed by atoms with Gasteiger partial charge in [0.1, 0.15) is 0 Å². The summed E-state index contributed by atoms with van der Waals surface area (Å²) in [6, 6.07) is 11.1. The van der Waals surface area contributed by atoms with Crippen molar-refractivity contribution in [3.05, 3.63) is 81.3 Å². The number of aromatic nitrogens is 2. The number of halogens is 3. The number of methoxy groups -OCH3 is 2. The second-order valence-corrected chi connectivity index (χ2v) is 7.24. The predicted octanol–water partition coefficient (Wildman–Crippen LogP) is 3.85. The number of para-hydroxylation sites is 2. The summed E-state index contributed by atoms with van der Waals surface area (Å²) < 4.78 is 52.1. The molecule has 0 aliphatic carbocycles. The van der Waals surface area contributed by atoms with Gasteiger partial charge in [0.2, 0.25) is 5.43 Å². The van der Waals surface area contributed by atoms with E-state index >= 15 is 0 Å². The first-order valence-corrected chi connectivity index (χ1v) is 9.81. The third kappa shape index (κ3) is 4.84. The van der Waals surface area contributed by atoms with Gasteiger partial charge >= 0.3 is 6.18 Å². The highest BCUT2D eigenvalue weighted by atomic mass is 19.4. The molecule has 0 atom stereocenters. The molecule has 1 heterocycles. The van der Waals surface area contributed by atoms with Crippen molar-refractivity contribution in [2.75, 3.05) is 21.3 Å². The number of carbonyl (C=O) groups is 1. The fraction of sp³-hybridized carbons (Fsp3) is 0.261. The zero-order valence-electron chi connectivity index (χ0n) is 18.4. The summed E-state index contributed by atoms with van der Waals surface area (Å²) in [4.78, 5) is 26.8. The molecule has 0 radical (unpaired) electrons. The minimum atomic E-state index is -4.64. The molecule has 174 valence electrons. The highest BCUT2D eigenvalue weighted by Crippen LogP contribution is 2.34. The van der Waals surface area contributed by atoms with Gasteiger partial charge in [-0.05, 0) is 25.1 Å². The first-order chi connectivity index (χ1) is 15.6. The van der Waals surface area contributed by atoms with Gasteiger partial charge in [-0.25, -0.2) is 4.68 Å². The molecule has 0 saturated carbocycles. The molecule has 0 aliphatic rings. The fourth-order valence-corrected chi connectivity index (χ4v) is 3.42.